The molecule has 1 N–H and O–H groups in total. The van der Waals surface area contributed by atoms with Crippen LogP contribution in [0.2, 0.25) is 5.02 Å². The molecule has 6 nitrogen and oxygen atoms in total. The molecule has 0 bridgehead atoms. The lowest BCUT2D eigenvalue weighted by atomic mass is 9.74. The van der Waals surface area contributed by atoms with Gasteiger partial charge in [-0.1, -0.05) is 18.5 Å². The van der Waals surface area contributed by atoms with Gasteiger partial charge in [-0.3, -0.25) is 0 Å². The second-order valence-corrected chi connectivity index (χ2v) is 13.1. The second-order valence-electron chi connectivity index (χ2n) is 8.67. The standard InChI is InChI=1S/C22H25ClF2N2O4S2/c1-2-11-27-14-15-13-22(10-9-21(15)26-33(27,30)31,19-12-17(24)5-8-20(19)25)32(28,29)18-6-3-16(23)4-7-18/h3-8,12,15,21,26H,2,9-11,13-14H2,1H3/t15-,21-,22+/m0/s1. The third-order valence-electron chi connectivity index (χ3n) is 6.63. The first-order chi connectivity index (χ1) is 15.5. The van der Waals surface area contributed by atoms with E-state index in [2.05, 4.69) is 4.72 Å². The quantitative estimate of drug-likeness (QED) is 0.648. The fraction of sp³-hybridized carbons (Fsp3) is 0.455. The van der Waals surface area contributed by atoms with Crippen molar-refractivity contribution in [1.82, 2.24) is 9.03 Å². The third-order valence-corrected chi connectivity index (χ3v) is 11.0. The highest BCUT2D eigenvalue weighted by molar-refractivity contribution is 7.92. The predicted molar refractivity (Wildman–Crippen MR) is 122 cm³/mol. The van der Waals surface area contributed by atoms with Gasteiger partial charge in [0.15, 0.2) is 9.84 Å². The van der Waals surface area contributed by atoms with E-state index >= 15 is 4.39 Å². The number of fused-ring (bicyclic) bond motifs is 1. The summed E-state index contributed by atoms with van der Waals surface area (Å²) >= 11 is 5.93. The zero-order valence-corrected chi connectivity index (χ0v) is 20.4. The van der Waals surface area contributed by atoms with Crippen LogP contribution in [0.3, 0.4) is 0 Å². The number of nitrogens with zero attached hydrogens (tertiary/aromatic N) is 1. The van der Waals surface area contributed by atoms with Gasteiger partial charge in [0, 0.05) is 29.7 Å². The first kappa shape index (κ1) is 24.5. The molecule has 1 heterocycles. The van der Waals surface area contributed by atoms with Gasteiger partial charge in [-0.25, -0.2) is 17.2 Å². The number of hydrogen-bond donors (Lipinski definition) is 1. The Morgan fingerprint density at radius 3 is 2.55 bits per heavy atom. The molecule has 11 heteroatoms. The van der Waals surface area contributed by atoms with Gasteiger partial charge in [-0.05, 0) is 74.1 Å². The molecule has 33 heavy (non-hydrogen) atoms. The topological polar surface area (TPSA) is 83.6 Å². The normalized spacial score (nSPS) is 27.8. The van der Waals surface area contributed by atoms with E-state index in [9.17, 15) is 21.2 Å². The molecule has 0 amide bonds. The molecule has 0 aromatic heterocycles. The van der Waals surface area contributed by atoms with Gasteiger partial charge in [-0.2, -0.15) is 17.4 Å². The summed E-state index contributed by atoms with van der Waals surface area (Å²) in [4.78, 5) is -0.0455. The summed E-state index contributed by atoms with van der Waals surface area (Å²) in [5.74, 6) is -1.95. The van der Waals surface area contributed by atoms with Crippen LogP contribution in [0.1, 0.15) is 38.2 Å². The molecule has 180 valence electrons. The summed E-state index contributed by atoms with van der Waals surface area (Å²) in [6.07, 6.45) is 0.652. The summed E-state index contributed by atoms with van der Waals surface area (Å²) in [5, 5.41) is 0.348. The van der Waals surface area contributed by atoms with Crippen molar-refractivity contribution in [3.8, 4) is 0 Å². The molecular weight excluding hydrogens is 494 g/mol. The molecule has 0 radical (unpaired) electrons. The minimum absolute atomic E-state index is 0.0455. The highest BCUT2D eigenvalue weighted by Crippen LogP contribution is 2.50. The molecular formula is C22H25ClF2N2O4S2. The summed E-state index contributed by atoms with van der Waals surface area (Å²) in [7, 11) is -7.88. The number of rotatable bonds is 5. The van der Waals surface area contributed by atoms with Crippen molar-refractivity contribution in [2.75, 3.05) is 13.1 Å². The van der Waals surface area contributed by atoms with Crippen molar-refractivity contribution < 1.29 is 25.6 Å². The van der Waals surface area contributed by atoms with Crippen molar-refractivity contribution in [3.63, 3.8) is 0 Å². The van der Waals surface area contributed by atoms with Gasteiger partial charge in [0.25, 0.3) is 10.2 Å². The van der Waals surface area contributed by atoms with E-state index in [-0.39, 0.29) is 42.8 Å². The molecule has 2 aromatic rings. The van der Waals surface area contributed by atoms with Crippen LogP contribution >= 0.6 is 11.6 Å². The number of hydrogen-bond acceptors (Lipinski definition) is 4. The number of nitrogens with one attached hydrogen (secondary N) is 1. The lowest BCUT2D eigenvalue weighted by molar-refractivity contribution is 0.175. The Morgan fingerprint density at radius 1 is 1.18 bits per heavy atom. The van der Waals surface area contributed by atoms with Crippen LogP contribution in [0.5, 0.6) is 0 Å². The smallest absolute Gasteiger partial charge is 0.223 e. The fourth-order valence-corrected chi connectivity index (χ4v) is 9.04. The van der Waals surface area contributed by atoms with Crippen LogP contribution in [-0.4, -0.2) is 40.3 Å². The van der Waals surface area contributed by atoms with Crippen LogP contribution in [0, 0.1) is 17.6 Å². The SMILES string of the molecule is CCCN1C[C@@H]2C[C@](c3cc(F)ccc3F)(S(=O)(=O)c3ccc(Cl)cc3)CC[C@@H]2NS1(=O)=O. The van der Waals surface area contributed by atoms with E-state index in [0.29, 0.717) is 11.4 Å². The molecule has 2 aromatic carbocycles. The maximum atomic E-state index is 15.1. The van der Waals surface area contributed by atoms with E-state index in [1.807, 2.05) is 6.92 Å². The van der Waals surface area contributed by atoms with Crippen molar-refractivity contribution in [3.05, 3.63) is 64.7 Å². The Hall–Kier alpha value is -1.59. The minimum Gasteiger partial charge on any atom is -0.223 e. The highest BCUT2D eigenvalue weighted by Gasteiger charge is 2.55. The largest absolute Gasteiger partial charge is 0.279 e. The van der Waals surface area contributed by atoms with Crippen molar-refractivity contribution >= 4 is 31.6 Å². The molecule has 0 spiro atoms. The lowest BCUT2D eigenvalue weighted by Gasteiger charge is -2.48. The van der Waals surface area contributed by atoms with E-state index in [4.69, 9.17) is 11.6 Å². The third kappa shape index (κ3) is 4.32. The van der Waals surface area contributed by atoms with Crippen molar-refractivity contribution in [2.24, 2.45) is 5.92 Å². The van der Waals surface area contributed by atoms with Gasteiger partial charge in [0.2, 0.25) is 0 Å². The molecule has 4 rings (SSSR count). The number of sulfone groups is 1. The molecule has 1 aliphatic heterocycles. The molecule has 0 unspecified atom stereocenters. The zero-order chi connectivity index (χ0) is 24.0. The van der Waals surface area contributed by atoms with Gasteiger partial charge >= 0.3 is 0 Å². The Kier molecular flexibility index (Phi) is 6.60. The number of benzene rings is 2. The Labute approximate surface area is 198 Å². The average Bonchev–Trinajstić information content (AvgIpc) is 2.76. The molecule has 1 aliphatic carbocycles. The summed E-state index contributed by atoms with van der Waals surface area (Å²) in [5.41, 5.74) is -0.230. The van der Waals surface area contributed by atoms with Gasteiger partial charge in [0.05, 0.1) is 4.90 Å². The maximum absolute atomic E-state index is 15.1. The van der Waals surface area contributed by atoms with Gasteiger partial charge < -0.3 is 0 Å². The van der Waals surface area contributed by atoms with E-state index in [1.165, 1.54) is 28.6 Å². The molecule has 2 aliphatic rings. The minimum atomic E-state index is -4.20. The van der Waals surface area contributed by atoms with Crippen LogP contribution in [0.25, 0.3) is 0 Å². The van der Waals surface area contributed by atoms with E-state index < -0.39 is 48.4 Å². The highest BCUT2D eigenvalue weighted by atomic mass is 35.5. The second kappa shape index (κ2) is 8.88. The van der Waals surface area contributed by atoms with Crippen molar-refractivity contribution in [1.29, 1.82) is 0 Å². The monoisotopic (exact) mass is 518 g/mol. The van der Waals surface area contributed by atoms with Gasteiger partial charge in [-0.15, -0.1) is 0 Å². The molecule has 1 saturated carbocycles. The molecule has 1 saturated heterocycles. The van der Waals surface area contributed by atoms with E-state index in [0.717, 1.165) is 18.2 Å². The van der Waals surface area contributed by atoms with Gasteiger partial charge in [0.1, 0.15) is 16.4 Å². The first-order valence-electron chi connectivity index (χ1n) is 10.7. The molecule has 2 fully saturated rings. The Morgan fingerprint density at radius 2 is 1.88 bits per heavy atom. The average molecular weight is 519 g/mol. The summed E-state index contributed by atoms with van der Waals surface area (Å²) in [6.45, 7) is 2.24. The fourth-order valence-electron chi connectivity index (χ4n) is 5.04. The molecule has 3 atom stereocenters. The predicted octanol–water partition coefficient (Wildman–Crippen LogP) is 4.02. The van der Waals surface area contributed by atoms with Crippen LogP contribution in [0.4, 0.5) is 8.78 Å². The van der Waals surface area contributed by atoms with Crippen molar-refractivity contribution in [2.45, 2.75) is 48.3 Å². The van der Waals surface area contributed by atoms with Crippen LogP contribution in [0.15, 0.2) is 47.4 Å². The lowest BCUT2D eigenvalue weighted by Crippen LogP contribution is -2.61. The number of halogens is 3. The first-order valence-corrected chi connectivity index (χ1v) is 14.0. The van der Waals surface area contributed by atoms with Crippen LogP contribution in [-0.2, 0) is 24.8 Å². The summed E-state index contributed by atoms with van der Waals surface area (Å²) < 4.78 is 84.7. The summed E-state index contributed by atoms with van der Waals surface area (Å²) in [6, 6.07) is 7.94. The zero-order valence-electron chi connectivity index (χ0n) is 18.0. The maximum Gasteiger partial charge on any atom is 0.279 e. The van der Waals surface area contributed by atoms with E-state index in [1.54, 1.807) is 0 Å². The Balaban J connectivity index is 1.85. The Bertz CT molecular complexity index is 1260. The van der Waals surface area contributed by atoms with Crippen LogP contribution < -0.4 is 4.72 Å².